The molecule has 1 atom stereocenters. The molecule has 1 aromatic rings. The molecule has 1 aliphatic rings. The number of carbonyl (C=O) groups is 1. The van der Waals surface area contributed by atoms with E-state index in [4.69, 9.17) is 4.74 Å². The molecule has 0 saturated heterocycles. The number of benzene rings is 1. The number of hydrogen-bond acceptors (Lipinski definition) is 4. The largest absolute Gasteiger partial charge is 0.462 e. The van der Waals surface area contributed by atoms with Gasteiger partial charge in [0, 0.05) is 6.04 Å². The van der Waals surface area contributed by atoms with Gasteiger partial charge in [0.2, 0.25) is 10.0 Å². The lowest BCUT2D eigenvalue weighted by Crippen LogP contribution is -2.34. The van der Waals surface area contributed by atoms with Crippen LogP contribution in [-0.4, -0.2) is 27.0 Å². The molecule has 0 bridgehead atoms. The van der Waals surface area contributed by atoms with Crippen molar-refractivity contribution in [2.75, 3.05) is 6.61 Å². The van der Waals surface area contributed by atoms with Gasteiger partial charge in [-0.15, -0.1) is 0 Å². The molecule has 0 spiro atoms. The van der Waals surface area contributed by atoms with Crippen molar-refractivity contribution in [1.82, 2.24) is 4.72 Å². The predicted octanol–water partition coefficient (Wildman–Crippen LogP) is 1.94. The number of ether oxygens (including phenoxy) is 1. The Balaban J connectivity index is 2.09. The molecule has 0 aliphatic heterocycles. The zero-order chi connectivity index (χ0) is 14.8. The van der Waals surface area contributed by atoms with Crippen molar-refractivity contribution < 1.29 is 17.9 Å². The van der Waals surface area contributed by atoms with E-state index in [2.05, 4.69) is 4.72 Å². The van der Waals surface area contributed by atoms with Crippen LogP contribution in [0.5, 0.6) is 0 Å². The van der Waals surface area contributed by atoms with Crippen LogP contribution in [0.2, 0.25) is 0 Å². The molecule has 1 N–H and O–H groups in total. The van der Waals surface area contributed by atoms with Crippen molar-refractivity contribution in [2.24, 2.45) is 5.92 Å². The van der Waals surface area contributed by atoms with E-state index in [-0.39, 0.29) is 10.9 Å². The fourth-order valence-corrected chi connectivity index (χ4v) is 3.30. The van der Waals surface area contributed by atoms with Crippen LogP contribution in [0.3, 0.4) is 0 Å². The second kappa shape index (κ2) is 5.93. The van der Waals surface area contributed by atoms with Gasteiger partial charge in [0.15, 0.2) is 0 Å². The molecule has 0 radical (unpaired) electrons. The minimum Gasteiger partial charge on any atom is -0.462 e. The summed E-state index contributed by atoms with van der Waals surface area (Å²) in [5, 5.41) is 0. The molecule has 20 heavy (non-hydrogen) atoms. The summed E-state index contributed by atoms with van der Waals surface area (Å²) in [5.74, 6) is -0.000615. The number of hydrogen-bond donors (Lipinski definition) is 1. The van der Waals surface area contributed by atoms with Gasteiger partial charge >= 0.3 is 5.97 Å². The normalized spacial score (nSPS) is 16.7. The smallest absolute Gasteiger partial charge is 0.338 e. The highest BCUT2D eigenvalue weighted by Crippen LogP contribution is 2.33. The monoisotopic (exact) mass is 297 g/mol. The second-order valence-corrected chi connectivity index (χ2v) is 6.71. The zero-order valence-electron chi connectivity index (χ0n) is 11.6. The van der Waals surface area contributed by atoms with E-state index in [0.717, 1.165) is 12.8 Å². The summed E-state index contributed by atoms with van der Waals surface area (Å²) in [6.45, 7) is 3.89. The molecular formula is C14H19NO4S. The number of sulfonamides is 1. The van der Waals surface area contributed by atoms with E-state index in [9.17, 15) is 13.2 Å². The minimum absolute atomic E-state index is 0.0512. The number of carbonyl (C=O) groups excluding carboxylic acids is 1. The van der Waals surface area contributed by atoms with Crippen molar-refractivity contribution in [1.29, 1.82) is 0 Å². The van der Waals surface area contributed by atoms with Gasteiger partial charge in [0.25, 0.3) is 0 Å². The van der Waals surface area contributed by atoms with Crippen molar-refractivity contribution in [3.63, 3.8) is 0 Å². The first-order valence-corrected chi connectivity index (χ1v) is 8.22. The second-order valence-electron chi connectivity index (χ2n) is 4.99. The summed E-state index contributed by atoms with van der Waals surface area (Å²) in [6, 6.07) is 5.73. The highest BCUT2D eigenvalue weighted by atomic mass is 32.2. The molecule has 0 amide bonds. The van der Waals surface area contributed by atoms with Gasteiger partial charge in [0.05, 0.1) is 17.1 Å². The van der Waals surface area contributed by atoms with E-state index in [1.54, 1.807) is 6.92 Å². The fourth-order valence-electron chi connectivity index (χ4n) is 1.99. The first kappa shape index (κ1) is 15.0. The molecule has 6 heteroatoms. The topological polar surface area (TPSA) is 72.5 Å². The van der Waals surface area contributed by atoms with Crippen LogP contribution in [0.15, 0.2) is 29.2 Å². The van der Waals surface area contributed by atoms with Gasteiger partial charge in [-0.1, -0.05) is 0 Å². The quantitative estimate of drug-likeness (QED) is 0.814. The Labute approximate surface area is 119 Å². The summed E-state index contributed by atoms with van der Waals surface area (Å²) >= 11 is 0. The van der Waals surface area contributed by atoms with Crippen LogP contribution in [0, 0.1) is 5.92 Å². The van der Waals surface area contributed by atoms with Gasteiger partial charge in [-0.25, -0.2) is 17.9 Å². The van der Waals surface area contributed by atoms with Crippen LogP contribution in [-0.2, 0) is 14.8 Å². The Bertz CT molecular complexity index is 576. The standard InChI is InChI=1S/C14H19NO4S/c1-3-19-14(16)12-6-8-13(9-7-12)20(17,18)15-10(2)11-4-5-11/h6-11,15H,3-5H2,1-2H3/t10-/m0/s1. The summed E-state index contributed by atoms with van der Waals surface area (Å²) in [4.78, 5) is 11.7. The van der Waals surface area contributed by atoms with Crippen LogP contribution in [0.1, 0.15) is 37.0 Å². The maximum atomic E-state index is 12.2. The van der Waals surface area contributed by atoms with Gasteiger partial charge in [-0.2, -0.15) is 0 Å². The lowest BCUT2D eigenvalue weighted by molar-refractivity contribution is 0.0526. The van der Waals surface area contributed by atoms with E-state index in [1.807, 2.05) is 6.92 Å². The Morgan fingerprint density at radius 1 is 1.35 bits per heavy atom. The van der Waals surface area contributed by atoms with Gasteiger partial charge < -0.3 is 4.74 Å². The van der Waals surface area contributed by atoms with Crippen molar-refractivity contribution in [2.45, 2.75) is 37.6 Å². The van der Waals surface area contributed by atoms with E-state index >= 15 is 0 Å². The third-order valence-corrected chi connectivity index (χ3v) is 4.92. The van der Waals surface area contributed by atoms with Crippen LogP contribution in [0.4, 0.5) is 0 Å². The van der Waals surface area contributed by atoms with Crippen molar-refractivity contribution in [3.05, 3.63) is 29.8 Å². The zero-order valence-corrected chi connectivity index (χ0v) is 12.4. The molecule has 110 valence electrons. The summed E-state index contributed by atoms with van der Waals surface area (Å²) in [6.07, 6.45) is 2.15. The molecule has 0 aromatic heterocycles. The molecule has 5 nitrogen and oxygen atoms in total. The first-order chi connectivity index (χ1) is 9.44. The lowest BCUT2D eigenvalue weighted by atomic mass is 10.2. The highest BCUT2D eigenvalue weighted by molar-refractivity contribution is 7.89. The number of rotatable bonds is 6. The first-order valence-electron chi connectivity index (χ1n) is 6.73. The lowest BCUT2D eigenvalue weighted by Gasteiger charge is -2.13. The highest BCUT2D eigenvalue weighted by Gasteiger charge is 2.31. The predicted molar refractivity (Wildman–Crippen MR) is 74.9 cm³/mol. The Kier molecular flexibility index (Phi) is 4.45. The Hall–Kier alpha value is -1.40. The molecular weight excluding hydrogens is 278 g/mol. The van der Waals surface area contributed by atoms with Gasteiger partial charge in [-0.3, -0.25) is 0 Å². The molecule has 1 fully saturated rings. The summed E-state index contributed by atoms with van der Waals surface area (Å²) < 4.78 is 31.8. The molecule has 1 aromatic carbocycles. The third-order valence-electron chi connectivity index (χ3n) is 3.35. The van der Waals surface area contributed by atoms with E-state index in [0.29, 0.717) is 18.1 Å². The van der Waals surface area contributed by atoms with E-state index in [1.165, 1.54) is 24.3 Å². The molecule has 0 heterocycles. The number of nitrogens with one attached hydrogen (secondary N) is 1. The average Bonchev–Trinajstić information content (AvgIpc) is 3.23. The van der Waals surface area contributed by atoms with Gasteiger partial charge in [0.1, 0.15) is 0 Å². The van der Waals surface area contributed by atoms with E-state index < -0.39 is 16.0 Å². The van der Waals surface area contributed by atoms with Gasteiger partial charge in [-0.05, 0) is 56.9 Å². The minimum atomic E-state index is -3.52. The van der Waals surface area contributed by atoms with Crippen molar-refractivity contribution >= 4 is 16.0 Å². The van der Waals surface area contributed by atoms with Crippen LogP contribution < -0.4 is 4.72 Å². The fraction of sp³-hybridized carbons (Fsp3) is 0.500. The Morgan fingerprint density at radius 3 is 2.45 bits per heavy atom. The summed E-state index contributed by atoms with van der Waals surface area (Å²) in [7, 11) is -3.52. The maximum Gasteiger partial charge on any atom is 0.338 e. The molecule has 1 aliphatic carbocycles. The molecule has 2 rings (SSSR count). The van der Waals surface area contributed by atoms with Crippen molar-refractivity contribution in [3.8, 4) is 0 Å². The maximum absolute atomic E-state index is 12.2. The third kappa shape index (κ3) is 3.58. The molecule has 1 saturated carbocycles. The van der Waals surface area contributed by atoms with Crippen LogP contribution in [0.25, 0.3) is 0 Å². The average molecular weight is 297 g/mol. The SMILES string of the molecule is CCOC(=O)c1ccc(S(=O)(=O)N[C@@H](C)C2CC2)cc1. The molecule has 0 unspecified atom stereocenters. The Morgan fingerprint density at radius 2 is 1.95 bits per heavy atom. The summed E-state index contributed by atoms with van der Waals surface area (Å²) in [5.41, 5.74) is 0.348. The number of esters is 1. The van der Waals surface area contributed by atoms with Crippen LogP contribution >= 0.6 is 0 Å².